The normalized spacial score (nSPS) is 31.4. The second kappa shape index (κ2) is 7.16. The van der Waals surface area contributed by atoms with Gasteiger partial charge in [0.25, 0.3) is 0 Å². The predicted molar refractivity (Wildman–Crippen MR) is 96.1 cm³/mol. The average Bonchev–Trinajstić information content (AvgIpc) is 3.06. The van der Waals surface area contributed by atoms with Gasteiger partial charge in [-0.15, -0.1) is 0 Å². The first-order valence-corrected chi connectivity index (χ1v) is 9.55. The molecule has 4 atom stereocenters. The third-order valence-electron chi connectivity index (χ3n) is 5.85. The van der Waals surface area contributed by atoms with Gasteiger partial charge in [0.15, 0.2) is 0 Å². The van der Waals surface area contributed by atoms with Crippen molar-refractivity contribution in [3.63, 3.8) is 0 Å². The summed E-state index contributed by atoms with van der Waals surface area (Å²) in [6.07, 6.45) is 4.19. The number of likely N-dealkylation sites (tertiary alicyclic amines) is 1. The van der Waals surface area contributed by atoms with Crippen LogP contribution in [-0.2, 0) is 9.59 Å². The van der Waals surface area contributed by atoms with Crippen molar-refractivity contribution in [2.45, 2.75) is 50.1 Å². The van der Waals surface area contributed by atoms with Crippen LogP contribution >= 0.6 is 0 Å². The molecule has 3 aliphatic rings. The van der Waals surface area contributed by atoms with Crippen molar-refractivity contribution in [1.82, 2.24) is 15.5 Å². The molecule has 2 amide bonds. The van der Waals surface area contributed by atoms with E-state index in [-0.39, 0.29) is 17.9 Å². The van der Waals surface area contributed by atoms with E-state index in [2.05, 4.69) is 34.9 Å². The van der Waals surface area contributed by atoms with Crippen LogP contribution in [0.4, 0.5) is 0 Å². The van der Waals surface area contributed by atoms with Gasteiger partial charge in [-0.1, -0.05) is 30.3 Å². The molecule has 5 heteroatoms. The van der Waals surface area contributed by atoms with Crippen molar-refractivity contribution < 1.29 is 9.59 Å². The lowest BCUT2D eigenvalue weighted by Gasteiger charge is -2.18. The molecule has 4 unspecified atom stereocenters. The highest BCUT2D eigenvalue weighted by atomic mass is 16.2. The Morgan fingerprint density at radius 1 is 1.28 bits per heavy atom. The third-order valence-corrected chi connectivity index (χ3v) is 5.85. The summed E-state index contributed by atoms with van der Waals surface area (Å²) in [4.78, 5) is 26.5. The molecule has 5 nitrogen and oxygen atoms in total. The Labute approximate surface area is 149 Å². The zero-order chi connectivity index (χ0) is 17.2. The summed E-state index contributed by atoms with van der Waals surface area (Å²) >= 11 is 0. The minimum absolute atomic E-state index is 0.0151. The van der Waals surface area contributed by atoms with Crippen molar-refractivity contribution in [3.8, 4) is 0 Å². The molecule has 0 radical (unpaired) electrons. The standard InChI is InChI=1S/C20H27N3O2/c24-19(7-6-14-8-9-21-12-14)22-16-10-20(25)23(13-16)18-11-17(18)15-4-2-1-3-5-15/h1-5,14,16-18,21H,6-13H2,(H,22,24). The smallest absolute Gasteiger partial charge is 0.225 e. The summed E-state index contributed by atoms with van der Waals surface area (Å²) in [6.45, 7) is 2.78. The van der Waals surface area contributed by atoms with Gasteiger partial charge in [-0.05, 0) is 43.8 Å². The van der Waals surface area contributed by atoms with E-state index >= 15 is 0 Å². The van der Waals surface area contributed by atoms with Crippen molar-refractivity contribution in [2.75, 3.05) is 19.6 Å². The minimum atomic E-state index is -0.0151. The first kappa shape index (κ1) is 16.6. The van der Waals surface area contributed by atoms with Gasteiger partial charge in [0.05, 0.1) is 6.04 Å². The minimum Gasteiger partial charge on any atom is -0.351 e. The second-order valence-corrected chi connectivity index (χ2v) is 7.73. The fourth-order valence-corrected chi connectivity index (χ4v) is 4.33. The van der Waals surface area contributed by atoms with E-state index in [1.807, 2.05) is 11.0 Å². The van der Waals surface area contributed by atoms with Crippen molar-refractivity contribution in [3.05, 3.63) is 35.9 Å². The summed E-state index contributed by atoms with van der Waals surface area (Å²) in [5.41, 5.74) is 1.32. The zero-order valence-electron chi connectivity index (χ0n) is 14.6. The van der Waals surface area contributed by atoms with E-state index in [4.69, 9.17) is 0 Å². The maximum absolute atomic E-state index is 12.4. The topological polar surface area (TPSA) is 61.4 Å². The Morgan fingerprint density at radius 3 is 2.88 bits per heavy atom. The number of carbonyl (C=O) groups excluding carboxylic acids is 2. The third kappa shape index (κ3) is 3.87. The summed E-state index contributed by atoms with van der Waals surface area (Å²) in [5, 5.41) is 6.41. The molecular formula is C20H27N3O2. The molecular weight excluding hydrogens is 314 g/mol. The second-order valence-electron chi connectivity index (χ2n) is 7.73. The van der Waals surface area contributed by atoms with Gasteiger partial charge in [0.2, 0.25) is 11.8 Å². The molecule has 2 N–H and O–H groups in total. The lowest BCUT2D eigenvalue weighted by atomic mass is 10.0. The van der Waals surface area contributed by atoms with Gasteiger partial charge in [-0.3, -0.25) is 9.59 Å². The SMILES string of the molecule is O=C(CCC1CCNC1)NC1CC(=O)N(C2CC2c2ccccc2)C1. The molecule has 1 aliphatic carbocycles. The summed E-state index contributed by atoms with van der Waals surface area (Å²) in [6, 6.07) is 10.7. The molecule has 3 fully saturated rings. The molecule has 2 aliphatic heterocycles. The zero-order valence-corrected chi connectivity index (χ0v) is 14.6. The fraction of sp³-hybridized carbons (Fsp3) is 0.600. The van der Waals surface area contributed by atoms with E-state index < -0.39 is 0 Å². The van der Waals surface area contributed by atoms with Crippen molar-refractivity contribution in [1.29, 1.82) is 0 Å². The first-order valence-electron chi connectivity index (χ1n) is 9.55. The van der Waals surface area contributed by atoms with Gasteiger partial charge in [0, 0.05) is 31.3 Å². The van der Waals surface area contributed by atoms with Gasteiger partial charge in [-0.25, -0.2) is 0 Å². The van der Waals surface area contributed by atoms with E-state index in [0.717, 1.165) is 25.9 Å². The van der Waals surface area contributed by atoms with E-state index in [1.165, 1.54) is 12.0 Å². The molecule has 2 saturated heterocycles. The van der Waals surface area contributed by atoms with Gasteiger partial charge in [0.1, 0.15) is 0 Å². The van der Waals surface area contributed by atoms with Crippen LogP contribution in [0.2, 0.25) is 0 Å². The highest BCUT2D eigenvalue weighted by molar-refractivity contribution is 5.82. The Kier molecular flexibility index (Phi) is 4.75. The van der Waals surface area contributed by atoms with Gasteiger partial charge < -0.3 is 15.5 Å². The van der Waals surface area contributed by atoms with Crippen molar-refractivity contribution >= 4 is 11.8 Å². The molecule has 1 saturated carbocycles. The van der Waals surface area contributed by atoms with Crippen LogP contribution in [0, 0.1) is 5.92 Å². The lowest BCUT2D eigenvalue weighted by molar-refractivity contribution is -0.128. The number of nitrogens with one attached hydrogen (secondary N) is 2. The van der Waals surface area contributed by atoms with Crippen LogP contribution in [-0.4, -0.2) is 48.4 Å². The molecule has 0 aromatic heterocycles. The fourth-order valence-electron chi connectivity index (χ4n) is 4.33. The summed E-state index contributed by atoms with van der Waals surface area (Å²) < 4.78 is 0. The number of hydrogen-bond donors (Lipinski definition) is 2. The van der Waals surface area contributed by atoms with E-state index in [1.54, 1.807) is 0 Å². The monoisotopic (exact) mass is 341 g/mol. The molecule has 1 aromatic carbocycles. The van der Waals surface area contributed by atoms with E-state index in [0.29, 0.717) is 37.3 Å². The quantitative estimate of drug-likeness (QED) is 0.827. The van der Waals surface area contributed by atoms with Crippen LogP contribution in [0.5, 0.6) is 0 Å². The molecule has 25 heavy (non-hydrogen) atoms. The number of carbonyl (C=O) groups is 2. The number of nitrogens with zero attached hydrogens (tertiary/aromatic N) is 1. The van der Waals surface area contributed by atoms with Gasteiger partial charge >= 0.3 is 0 Å². The summed E-state index contributed by atoms with van der Waals surface area (Å²) in [5.74, 6) is 1.38. The van der Waals surface area contributed by atoms with Crippen LogP contribution in [0.15, 0.2) is 30.3 Å². The molecule has 0 spiro atoms. The molecule has 2 heterocycles. The number of rotatable bonds is 6. The first-order chi connectivity index (χ1) is 12.2. The van der Waals surface area contributed by atoms with Crippen LogP contribution in [0.25, 0.3) is 0 Å². The highest BCUT2D eigenvalue weighted by Gasteiger charge is 2.47. The summed E-state index contributed by atoms with van der Waals surface area (Å²) in [7, 11) is 0. The average molecular weight is 341 g/mol. The van der Waals surface area contributed by atoms with Gasteiger partial charge in [-0.2, -0.15) is 0 Å². The maximum Gasteiger partial charge on any atom is 0.225 e. The number of benzene rings is 1. The van der Waals surface area contributed by atoms with E-state index in [9.17, 15) is 9.59 Å². The van der Waals surface area contributed by atoms with Crippen molar-refractivity contribution in [2.24, 2.45) is 5.92 Å². The Bertz CT molecular complexity index is 627. The highest BCUT2D eigenvalue weighted by Crippen LogP contribution is 2.45. The molecule has 4 rings (SSSR count). The Hall–Kier alpha value is -1.88. The molecule has 0 bridgehead atoms. The number of amides is 2. The number of hydrogen-bond acceptors (Lipinski definition) is 3. The Morgan fingerprint density at radius 2 is 2.12 bits per heavy atom. The largest absolute Gasteiger partial charge is 0.351 e. The molecule has 1 aromatic rings. The lowest BCUT2D eigenvalue weighted by Crippen LogP contribution is -2.38. The maximum atomic E-state index is 12.4. The predicted octanol–water partition coefficient (Wildman–Crippen LogP) is 1.65. The Balaban J connectivity index is 1.24. The van der Waals surface area contributed by atoms with Crippen LogP contribution < -0.4 is 10.6 Å². The van der Waals surface area contributed by atoms with Crippen LogP contribution in [0.1, 0.15) is 43.6 Å². The molecule has 134 valence electrons. The van der Waals surface area contributed by atoms with Crippen LogP contribution in [0.3, 0.4) is 0 Å².